The topological polar surface area (TPSA) is 41.5 Å². The van der Waals surface area contributed by atoms with Gasteiger partial charge in [0.25, 0.3) is 0 Å². The van der Waals surface area contributed by atoms with Gasteiger partial charge >= 0.3 is 0 Å². The van der Waals surface area contributed by atoms with Gasteiger partial charge in [0, 0.05) is 19.2 Å². The van der Waals surface area contributed by atoms with Crippen molar-refractivity contribution in [2.45, 2.75) is 45.7 Å². The lowest BCUT2D eigenvalue weighted by atomic mass is 10.2. The van der Waals surface area contributed by atoms with Crippen LogP contribution in [0.2, 0.25) is 5.02 Å². The summed E-state index contributed by atoms with van der Waals surface area (Å²) >= 11 is 6.19. The van der Waals surface area contributed by atoms with Crippen LogP contribution in [0.5, 0.6) is 5.75 Å². The van der Waals surface area contributed by atoms with Crippen LogP contribution < -0.4 is 10.1 Å². The first-order valence-corrected chi connectivity index (χ1v) is 7.26. The normalized spacial score (nSPS) is 11.0. The van der Waals surface area contributed by atoms with E-state index < -0.39 is 0 Å². The third-order valence-corrected chi connectivity index (χ3v) is 3.07. The highest BCUT2D eigenvalue weighted by atomic mass is 35.5. The molecule has 3 nitrogen and oxygen atoms in total. The van der Waals surface area contributed by atoms with Crippen LogP contribution in [0.3, 0.4) is 0 Å². The summed E-state index contributed by atoms with van der Waals surface area (Å²) in [5, 5.41) is 12.7. The molecule has 1 aromatic rings. The third-order valence-electron chi connectivity index (χ3n) is 2.77. The maximum absolute atomic E-state index is 8.68. The minimum atomic E-state index is 0.248. The predicted octanol–water partition coefficient (Wildman–Crippen LogP) is 3.38. The Kier molecular flexibility index (Phi) is 7.87. The molecule has 1 aromatic carbocycles. The van der Waals surface area contributed by atoms with Crippen molar-refractivity contribution in [2.24, 2.45) is 0 Å². The molecule has 0 aliphatic rings. The molecular formula is C15H24ClNO2. The second-order valence-electron chi connectivity index (χ2n) is 4.93. The molecule has 0 atom stereocenters. The van der Waals surface area contributed by atoms with E-state index in [1.54, 1.807) is 0 Å². The molecule has 0 unspecified atom stereocenters. The molecule has 0 bridgehead atoms. The Bertz CT molecular complexity index is 369. The van der Waals surface area contributed by atoms with Crippen LogP contribution in [-0.2, 0) is 6.54 Å². The molecule has 0 amide bonds. The molecule has 0 saturated carbocycles. The summed E-state index contributed by atoms with van der Waals surface area (Å²) in [6.45, 7) is 5.94. The molecule has 0 aliphatic heterocycles. The van der Waals surface area contributed by atoms with Crippen LogP contribution in [0.15, 0.2) is 18.2 Å². The molecule has 0 aromatic heterocycles. The summed E-state index contributed by atoms with van der Waals surface area (Å²) in [6.07, 6.45) is 2.74. The molecule has 1 rings (SSSR count). The first-order valence-electron chi connectivity index (χ1n) is 6.89. The highest BCUT2D eigenvalue weighted by Gasteiger charge is 2.03. The SMILES string of the molecule is CC(C)NCc1ccc(OCCCCCO)c(Cl)c1. The average molecular weight is 286 g/mol. The lowest BCUT2D eigenvalue weighted by Gasteiger charge is -2.11. The lowest BCUT2D eigenvalue weighted by Crippen LogP contribution is -2.21. The summed E-state index contributed by atoms with van der Waals surface area (Å²) in [5.74, 6) is 0.735. The zero-order chi connectivity index (χ0) is 14.1. The second kappa shape index (κ2) is 9.18. The monoisotopic (exact) mass is 285 g/mol. The van der Waals surface area contributed by atoms with E-state index in [-0.39, 0.29) is 6.61 Å². The number of rotatable bonds is 9. The van der Waals surface area contributed by atoms with Crippen LogP contribution in [0, 0.1) is 0 Å². The summed E-state index contributed by atoms with van der Waals surface area (Å²) < 4.78 is 5.63. The van der Waals surface area contributed by atoms with E-state index in [1.807, 2.05) is 18.2 Å². The van der Waals surface area contributed by atoms with Crippen molar-refractivity contribution < 1.29 is 9.84 Å². The van der Waals surface area contributed by atoms with E-state index >= 15 is 0 Å². The molecule has 0 aliphatic carbocycles. The van der Waals surface area contributed by atoms with E-state index in [0.717, 1.165) is 37.1 Å². The van der Waals surface area contributed by atoms with Gasteiger partial charge in [0.1, 0.15) is 5.75 Å². The van der Waals surface area contributed by atoms with Crippen LogP contribution >= 0.6 is 11.6 Å². The quantitative estimate of drug-likeness (QED) is 0.684. The maximum atomic E-state index is 8.68. The van der Waals surface area contributed by atoms with Gasteiger partial charge in [-0.25, -0.2) is 0 Å². The van der Waals surface area contributed by atoms with Crippen molar-refractivity contribution in [3.63, 3.8) is 0 Å². The molecular weight excluding hydrogens is 262 g/mol. The first-order chi connectivity index (χ1) is 9.13. The Balaban J connectivity index is 2.39. The van der Waals surface area contributed by atoms with E-state index in [9.17, 15) is 0 Å². The van der Waals surface area contributed by atoms with Crippen molar-refractivity contribution in [1.82, 2.24) is 5.32 Å². The Hall–Kier alpha value is -0.770. The highest BCUT2D eigenvalue weighted by Crippen LogP contribution is 2.25. The van der Waals surface area contributed by atoms with Gasteiger partial charge in [0.2, 0.25) is 0 Å². The van der Waals surface area contributed by atoms with Gasteiger partial charge < -0.3 is 15.2 Å². The predicted molar refractivity (Wildman–Crippen MR) is 79.9 cm³/mol. The van der Waals surface area contributed by atoms with Crippen LogP contribution in [0.25, 0.3) is 0 Å². The van der Waals surface area contributed by atoms with Gasteiger partial charge in [-0.1, -0.05) is 31.5 Å². The number of hydrogen-bond acceptors (Lipinski definition) is 3. The van der Waals surface area contributed by atoms with E-state index in [0.29, 0.717) is 17.7 Å². The van der Waals surface area contributed by atoms with Crippen molar-refractivity contribution in [3.05, 3.63) is 28.8 Å². The van der Waals surface area contributed by atoms with E-state index in [4.69, 9.17) is 21.4 Å². The number of unbranched alkanes of at least 4 members (excludes halogenated alkanes) is 2. The summed E-state index contributed by atoms with van der Waals surface area (Å²) in [4.78, 5) is 0. The minimum Gasteiger partial charge on any atom is -0.492 e. The van der Waals surface area contributed by atoms with Gasteiger partial charge in [0.15, 0.2) is 0 Å². The fourth-order valence-corrected chi connectivity index (χ4v) is 1.92. The number of benzene rings is 1. The standard InChI is InChI=1S/C15H24ClNO2/c1-12(2)17-11-13-6-7-15(14(16)10-13)19-9-5-3-4-8-18/h6-7,10,12,17-18H,3-5,8-9,11H2,1-2H3. The molecule has 0 radical (unpaired) electrons. The lowest BCUT2D eigenvalue weighted by molar-refractivity contribution is 0.266. The number of nitrogens with one attached hydrogen (secondary N) is 1. The van der Waals surface area contributed by atoms with Crippen LogP contribution in [-0.4, -0.2) is 24.4 Å². The van der Waals surface area contributed by atoms with Gasteiger partial charge in [-0.3, -0.25) is 0 Å². The summed E-state index contributed by atoms with van der Waals surface area (Å²) in [6, 6.07) is 6.36. The van der Waals surface area contributed by atoms with Crippen molar-refractivity contribution in [2.75, 3.05) is 13.2 Å². The van der Waals surface area contributed by atoms with Crippen molar-refractivity contribution in [3.8, 4) is 5.75 Å². The Labute approximate surface area is 120 Å². The van der Waals surface area contributed by atoms with Gasteiger partial charge in [-0.05, 0) is 37.0 Å². The zero-order valence-corrected chi connectivity index (χ0v) is 12.5. The number of halogens is 1. The first kappa shape index (κ1) is 16.3. The highest BCUT2D eigenvalue weighted by molar-refractivity contribution is 6.32. The maximum Gasteiger partial charge on any atom is 0.137 e. The van der Waals surface area contributed by atoms with Crippen molar-refractivity contribution in [1.29, 1.82) is 0 Å². The fraction of sp³-hybridized carbons (Fsp3) is 0.600. The van der Waals surface area contributed by atoms with E-state index in [2.05, 4.69) is 19.2 Å². The van der Waals surface area contributed by atoms with Gasteiger partial charge in [-0.15, -0.1) is 0 Å². The van der Waals surface area contributed by atoms with Gasteiger partial charge in [0.05, 0.1) is 11.6 Å². The Morgan fingerprint density at radius 3 is 2.68 bits per heavy atom. The molecule has 0 spiro atoms. The Morgan fingerprint density at radius 1 is 1.26 bits per heavy atom. The largest absolute Gasteiger partial charge is 0.492 e. The van der Waals surface area contributed by atoms with E-state index in [1.165, 1.54) is 0 Å². The summed E-state index contributed by atoms with van der Waals surface area (Å²) in [7, 11) is 0. The zero-order valence-electron chi connectivity index (χ0n) is 11.8. The van der Waals surface area contributed by atoms with Crippen molar-refractivity contribution >= 4 is 11.6 Å². The number of ether oxygens (including phenoxy) is 1. The molecule has 108 valence electrons. The number of aliphatic hydroxyl groups is 1. The average Bonchev–Trinajstić information content (AvgIpc) is 2.38. The molecule has 19 heavy (non-hydrogen) atoms. The van der Waals surface area contributed by atoms with Gasteiger partial charge in [-0.2, -0.15) is 0 Å². The summed E-state index contributed by atoms with van der Waals surface area (Å²) in [5.41, 5.74) is 1.16. The second-order valence-corrected chi connectivity index (χ2v) is 5.34. The smallest absolute Gasteiger partial charge is 0.137 e. The number of aliphatic hydroxyl groups excluding tert-OH is 1. The third kappa shape index (κ3) is 6.81. The minimum absolute atomic E-state index is 0.248. The molecule has 0 heterocycles. The fourth-order valence-electron chi connectivity index (χ4n) is 1.67. The van der Waals surface area contributed by atoms with Crippen LogP contribution in [0.1, 0.15) is 38.7 Å². The Morgan fingerprint density at radius 2 is 2.05 bits per heavy atom. The number of hydrogen-bond donors (Lipinski definition) is 2. The molecule has 2 N–H and O–H groups in total. The molecule has 0 saturated heterocycles. The van der Waals surface area contributed by atoms with Crippen LogP contribution in [0.4, 0.5) is 0 Å². The molecule has 0 fully saturated rings. The molecule has 4 heteroatoms.